The summed E-state index contributed by atoms with van der Waals surface area (Å²) in [6.45, 7) is 7.53. The highest BCUT2D eigenvalue weighted by atomic mass is 32.2. The molecule has 1 saturated carbocycles. The van der Waals surface area contributed by atoms with Crippen LogP contribution < -0.4 is 4.18 Å². The number of carbonyl (C=O) groups excluding carboxylic acids is 1. The molecule has 0 unspecified atom stereocenters. The second-order valence-corrected chi connectivity index (χ2v) is 8.72. The minimum Gasteiger partial charge on any atom is -0.382 e. The maximum absolute atomic E-state index is 12.3. The Hall–Kier alpha value is -1.56. The zero-order valence-corrected chi connectivity index (χ0v) is 15.0. The monoisotopic (exact) mass is 339 g/mol. The minimum atomic E-state index is -3.58. The van der Waals surface area contributed by atoms with Gasteiger partial charge in [0.1, 0.15) is 5.75 Å². The average molecular weight is 339 g/mol. The number of rotatable bonds is 7. The first kappa shape index (κ1) is 17.8. The third-order valence-electron chi connectivity index (χ3n) is 3.83. The van der Waals surface area contributed by atoms with Crippen LogP contribution in [0.1, 0.15) is 46.1 Å². The van der Waals surface area contributed by atoms with Crippen molar-refractivity contribution in [2.75, 3.05) is 0 Å². The fraction of sp³-hybridized carbons (Fsp3) is 0.588. The van der Waals surface area contributed by atoms with E-state index < -0.39 is 15.4 Å². The van der Waals surface area contributed by atoms with Crippen molar-refractivity contribution in [3.05, 3.63) is 29.8 Å². The lowest BCUT2D eigenvalue weighted by molar-refractivity contribution is -0.135. The van der Waals surface area contributed by atoms with Crippen LogP contribution in [-0.4, -0.2) is 30.5 Å². The van der Waals surface area contributed by atoms with Gasteiger partial charge in [-0.2, -0.15) is 8.42 Å². The molecule has 1 aliphatic rings. The van der Waals surface area contributed by atoms with Gasteiger partial charge >= 0.3 is 10.1 Å². The van der Waals surface area contributed by atoms with Crippen LogP contribution in [-0.2, 0) is 21.5 Å². The van der Waals surface area contributed by atoms with Crippen molar-refractivity contribution < 1.29 is 17.4 Å². The van der Waals surface area contributed by atoms with Crippen LogP contribution in [0.3, 0.4) is 0 Å². The van der Waals surface area contributed by atoms with E-state index in [1.54, 1.807) is 26.0 Å². The summed E-state index contributed by atoms with van der Waals surface area (Å²) in [4.78, 5) is 14.2. The van der Waals surface area contributed by atoms with Crippen molar-refractivity contribution in [1.29, 1.82) is 0 Å². The highest BCUT2D eigenvalue weighted by Gasteiger charge is 2.33. The summed E-state index contributed by atoms with van der Waals surface area (Å²) in [5.74, 6) is 0.445. The Bertz CT molecular complexity index is 646. The highest BCUT2D eigenvalue weighted by molar-refractivity contribution is 7.87. The van der Waals surface area contributed by atoms with Crippen molar-refractivity contribution in [2.45, 2.75) is 58.4 Å². The third kappa shape index (κ3) is 4.70. The minimum absolute atomic E-state index is 0.0191. The lowest BCUT2D eigenvalue weighted by Crippen LogP contribution is -2.35. The largest absolute Gasteiger partial charge is 0.382 e. The molecule has 0 saturated heterocycles. The summed E-state index contributed by atoms with van der Waals surface area (Å²) in [7, 11) is -3.58. The van der Waals surface area contributed by atoms with Crippen LogP contribution in [0.2, 0.25) is 0 Å². The summed E-state index contributed by atoms with van der Waals surface area (Å²) in [6, 6.07) is 7.25. The van der Waals surface area contributed by atoms with Gasteiger partial charge in [-0.25, -0.2) is 0 Å². The molecule has 1 aromatic carbocycles. The summed E-state index contributed by atoms with van der Waals surface area (Å²) in [5.41, 5.74) is 0.972. The van der Waals surface area contributed by atoms with Gasteiger partial charge in [0.05, 0.1) is 5.25 Å². The molecule has 0 atom stereocenters. The van der Waals surface area contributed by atoms with Crippen LogP contribution in [0.4, 0.5) is 0 Å². The van der Waals surface area contributed by atoms with Crippen molar-refractivity contribution >= 4 is 16.0 Å². The first-order valence-electron chi connectivity index (χ1n) is 8.03. The molecule has 1 amide bonds. The molecule has 5 nitrogen and oxygen atoms in total. The van der Waals surface area contributed by atoms with E-state index in [0.29, 0.717) is 18.3 Å². The van der Waals surface area contributed by atoms with Crippen LogP contribution in [0.15, 0.2) is 24.3 Å². The molecule has 128 valence electrons. The molecule has 1 aliphatic carbocycles. The van der Waals surface area contributed by atoms with E-state index in [9.17, 15) is 13.2 Å². The zero-order chi connectivity index (χ0) is 17.2. The van der Waals surface area contributed by atoms with Gasteiger partial charge in [0, 0.05) is 18.5 Å². The Kier molecular flexibility index (Phi) is 5.34. The number of hydrogen-bond donors (Lipinski definition) is 0. The average Bonchev–Trinajstić information content (AvgIpc) is 3.29. The second-order valence-electron chi connectivity index (χ2n) is 6.62. The third-order valence-corrected chi connectivity index (χ3v) is 5.41. The van der Waals surface area contributed by atoms with E-state index in [4.69, 9.17) is 4.18 Å². The van der Waals surface area contributed by atoms with Gasteiger partial charge in [-0.3, -0.25) is 4.79 Å². The van der Waals surface area contributed by atoms with Crippen molar-refractivity contribution in [2.24, 2.45) is 5.92 Å². The molecule has 2 rings (SSSR count). The standard InChI is InChI=1S/C17H25NO4S/c1-12(2)17(19)18(15-7-8-15)11-14-5-9-16(10-6-14)22-23(20,21)13(3)4/h5-6,9-10,12-13,15H,7-8,11H2,1-4H3. The summed E-state index contributed by atoms with van der Waals surface area (Å²) < 4.78 is 28.6. The number of nitrogens with zero attached hydrogens (tertiary/aromatic N) is 1. The van der Waals surface area contributed by atoms with Crippen LogP contribution in [0, 0.1) is 5.92 Å². The fourth-order valence-corrected chi connectivity index (χ4v) is 2.75. The van der Waals surface area contributed by atoms with E-state index >= 15 is 0 Å². The first-order valence-corrected chi connectivity index (χ1v) is 9.50. The maximum atomic E-state index is 12.3. The van der Waals surface area contributed by atoms with Crippen LogP contribution in [0.25, 0.3) is 0 Å². The normalized spacial score (nSPS) is 15.0. The number of benzene rings is 1. The van der Waals surface area contributed by atoms with Gasteiger partial charge in [0.15, 0.2) is 0 Å². The molecule has 0 N–H and O–H groups in total. The Morgan fingerprint density at radius 1 is 1.17 bits per heavy atom. The summed E-state index contributed by atoms with van der Waals surface area (Å²) >= 11 is 0. The lowest BCUT2D eigenvalue weighted by atomic mass is 10.1. The predicted octanol–water partition coefficient (Wildman–Crippen LogP) is 2.95. The number of hydrogen-bond acceptors (Lipinski definition) is 4. The van der Waals surface area contributed by atoms with Crippen molar-refractivity contribution in [3.63, 3.8) is 0 Å². The number of amides is 1. The van der Waals surface area contributed by atoms with Crippen molar-refractivity contribution in [1.82, 2.24) is 4.90 Å². The van der Waals surface area contributed by atoms with Crippen molar-refractivity contribution in [3.8, 4) is 5.75 Å². The van der Waals surface area contributed by atoms with Crippen LogP contribution in [0.5, 0.6) is 5.75 Å². The maximum Gasteiger partial charge on any atom is 0.311 e. The Morgan fingerprint density at radius 3 is 2.17 bits per heavy atom. The van der Waals surface area contributed by atoms with E-state index in [0.717, 1.165) is 18.4 Å². The van der Waals surface area contributed by atoms with E-state index in [1.165, 1.54) is 0 Å². The molecule has 23 heavy (non-hydrogen) atoms. The molecule has 1 aromatic rings. The fourth-order valence-electron chi connectivity index (χ4n) is 2.18. The topological polar surface area (TPSA) is 63.7 Å². The molecule has 0 radical (unpaired) electrons. The lowest BCUT2D eigenvalue weighted by Gasteiger charge is -2.24. The Balaban J connectivity index is 2.06. The van der Waals surface area contributed by atoms with E-state index in [2.05, 4.69) is 0 Å². The molecule has 6 heteroatoms. The SMILES string of the molecule is CC(C)C(=O)N(Cc1ccc(OS(=O)(=O)C(C)C)cc1)C1CC1. The molecular weight excluding hydrogens is 314 g/mol. The Morgan fingerprint density at radius 2 is 1.74 bits per heavy atom. The van der Waals surface area contributed by atoms with Gasteiger partial charge in [-0.05, 0) is 44.4 Å². The smallest absolute Gasteiger partial charge is 0.311 e. The Labute approximate surface area is 138 Å². The number of carbonyl (C=O) groups is 1. The highest BCUT2D eigenvalue weighted by Crippen LogP contribution is 2.30. The molecule has 0 aliphatic heterocycles. The molecule has 1 fully saturated rings. The molecule has 0 spiro atoms. The van der Waals surface area contributed by atoms with E-state index in [1.807, 2.05) is 30.9 Å². The molecule has 0 bridgehead atoms. The predicted molar refractivity (Wildman–Crippen MR) is 89.5 cm³/mol. The molecule has 0 heterocycles. The van der Waals surface area contributed by atoms with Gasteiger partial charge in [0.25, 0.3) is 0 Å². The van der Waals surface area contributed by atoms with E-state index in [-0.39, 0.29) is 11.8 Å². The van der Waals surface area contributed by atoms with Gasteiger partial charge in [-0.1, -0.05) is 26.0 Å². The summed E-state index contributed by atoms with van der Waals surface area (Å²) in [5, 5.41) is -0.587. The van der Waals surface area contributed by atoms with Gasteiger partial charge < -0.3 is 9.08 Å². The van der Waals surface area contributed by atoms with Gasteiger partial charge in [-0.15, -0.1) is 0 Å². The molecule has 0 aromatic heterocycles. The summed E-state index contributed by atoms with van der Waals surface area (Å²) in [6.07, 6.45) is 2.12. The molecular formula is C17H25NO4S. The zero-order valence-electron chi connectivity index (χ0n) is 14.2. The quantitative estimate of drug-likeness (QED) is 0.717. The van der Waals surface area contributed by atoms with Gasteiger partial charge in [0.2, 0.25) is 5.91 Å². The first-order chi connectivity index (χ1) is 10.7. The second kappa shape index (κ2) is 6.91. The van der Waals surface area contributed by atoms with Crippen LogP contribution >= 0.6 is 0 Å².